The predicted octanol–water partition coefficient (Wildman–Crippen LogP) is 3.71. The lowest BCUT2D eigenvalue weighted by atomic mass is 9.91. The lowest BCUT2D eigenvalue weighted by Crippen LogP contribution is -2.49. The molecule has 7 heterocycles. The summed E-state index contributed by atoms with van der Waals surface area (Å²) in [6.07, 6.45) is 6.87. The van der Waals surface area contributed by atoms with Gasteiger partial charge in [0, 0.05) is 116 Å². The van der Waals surface area contributed by atoms with E-state index < -0.39 is 0 Å². The number of amides is 2. The predicted molar refractivity (Wildman–Crippen MR) is 238 cm³/mol. The highest BCUT2D eigenvalue weighted by atomic mass is 16.5. The standard InChI is InChI=1S/C46H60N12O5/c1-30(2)37-22-38(40(60)23-39(37)59)43(62)58-28-34-4-3-32(21-35(34)29-58)27-54-15-13-53(14-16-54)26-31-5-9-55(10-6-31)42(61)33-7-11-56(12-8-33)45-50-41(36-24-48-44(47)49-25-36)51-46(52-45)57-17-19-63-20-18-57/h3-4,21-25,30-31,33,59-60H,5-20,26-29H2,1-2H3,(H2,47,48,49). The van der Waals surface area contributed by atoms with E-state index in [0.717, 1.165) is 89.2 Å². The number of piperazine rings is 1. The number of nitrogen functional groups attached to an aromatic ring is 1. The van der Waals surface area contributed by atoms with E-state index >= 15 is 0 Å². The number of phenols is 2. The molecule has 4 aromatic rings. The first-order valence-electron chi connectivity index (χ1n) is 22.7. The van der Waals surface area contributed by atoms with Crippen molar-refractivity contribution in [2.45, 2.75) is 65.1 Å². The smallest absolute Gasteiger partial charge is 0.258 e. The molecule has 0 radical (unpaired) electrons. The molecule has 9 rings (SSSR count). The van der Waals surface area contributed by atoms with Crippen LogP contribution in [0.25, 0.3) is 11.4 Å². The van der Waals surface area contributed by atoms with Crippen molar-refractivity contribution in [3.63, 3.8) is 0 Å². The molecule has 17 nitrogen and oxygen atoms in total. The Labute approximate surface area is 368 Å². The van der Waals surface area contributed by atoms with Crippen molar-refractivity contribution in [1.29, 1.82) is 0 Å². The Morgan fingerprint density at radius 3 is 2.08 bits per heavy atom. The minimum atomic E-state index is -0.226. The molecule has 4 fully saturated rings. The third kappa shape index (κ3) is 9.65. The molecule has 4 saturated heterocycles. The summed E-state index contributed by atoms with van der Waals surface area (Å²) < 4.78 is 5.56. The Balaban J connectivity index is 0.713. The van der Waals surface area contributed by atoms with Crippen molar-refractivity contribution in [1.82, 2.24) is 44.5 Å². The fourth-order valence-electron chi connectivity index (χ4n) is 9.74. The second-order valence-corrected chi connectivity index (χ2v) is 18.1. The molecule has 2 aromatic heterocycles. The number of carbonyl (C=O) groups excluding carboxylic acids is 2. The third-order valence-electron chi connectivity index (χ3n) is 13.6. The van der Waals surface area contributed by atoms with Gasteiger partial charge in [-0.05, 0) is 65.8 Å². The molecule has 0 saturated carbocycles. The maximum Gasteiger partial charge on any atom is 0.258 e. The number of morpholine rings is 1. The van der Waals surface area contributed by atoms with Crippen molar-refractivity contribution in [3.05, 3.63) is 70.5 Å². The Morgan fingerprint density at radius 2 is 1.40 bits per heavy atom. The normalized spacial score (nSPS) is 19.5. The van der Waals surface area contributed by atoms with Gasteiger partial charge in [0.15, 0.2) is 5.82 Å². The fraction of sp³-hybridized carbons (Fsp3) is 0.543. The fourth-order valence-corrected chi connectivity index (χ4v) is 9.74. The summed E-state index contributed by atoms with van der Waals surface area (Å²) in [6.45, 7) is 16.6. The van der Waals surface area contributed by atoms with Crippen molar-refractivity contribution < 1.29 is 24.5 Å². The number of fused-ring (bicyclic) bond motifs is 1. The van der Waals surface area contributed by atoms with Crippen LogP contribution in [0.15, 0.2) is 42.7 Å². The van der Waals surface area contributed by atoms with Crippen LogP contribution in [-0.2, 0) is 29.2 Å². The minimum absolute atomic E-state index is 0.00145. The van der Waals surface area contributed by atoms with E-state index in [1.54, 1.807) is 23.4 Å². The summed E-state index contributed by atoms with van der Waals surface area (Å²) in [5, 5.41) is 20.8. The van der Waals surface area contributed by atoms with Gasteiger partial charge in [0.1, 0.15) is 11.5 Å². The molecule has 0 atom stereocenters. The van der Waals surface area contributed by atoms with Crippen LogP contribution in [0.5, 0.6) is 11.5 Å². The maximum atomic E-state index is 13.8. The average molecular weight is 861 g/mol. The highest BCUT2D eigenvalue weighted by Gasteiger charge is 2.34. The van der Waals surface area contributed by atoms with E-state index in [1.807, 2.05) is 13.8 Å². The zero-order valence-electron chi connectivity index (χ0n) is 36.5. The second kappa shape index (κ2) is 18.6. The highest BCUT2D eigenvalue weighted by Crippen LogP contribution is 2.35. The van der Waals surface area contributed by atoms with Gasteiger partial charge in [-0.2, -0.15) is 15.0 Å². The first-order valence-corrected chi connectivity index (χ1v) is 22.7. The number of phenolic OH excluding ortho intramolecular Hbond substituents is 2. The third-order valence-corrected chi connectivity index (χ3v) is 13.6. The van der Waals surface area contributed by atoms with Crippen LogP contribution in [-0.4, -0.2) is 152 Å². The molecular formula is C46H60N12O5. The zero-order chi connectivity index (χ0) is 43.6. The molecule has 5 aliphatic heterocycles. The van der Waals surface area contributed by atoms with E-state index in [0.29, 0.717) is 87.2 Å². The number of benzene rings is 2. The summed E-state index contributed by atoms with van der Waals surface area (Å²) in [5.41, 5.74) is 10.8. The molecular weight excluding hydrogens is 801 g/mol. The average Bonchev–Trinajstić information content (AvgIpc) is 3.74. The second-order valence-electron chi connectivity index (χ2n) is 18.1. The largest absolute Gasteiger partial charge is 0.508 e. The Morgan fingerprint density at radius 1 is 0.746 bits per heavy atom. The number of ether oxygens (including phenoxy) is 1. The van der Waals surface area contributed by atoms with Gasteiger partial charge in [-0.25, -0.2) is 9.97 Å². The maximum absolute atomic E-state index is 13.8. The van der Waals surface area contributed by atoms with Crippen LogP contribution in [0.1, 0.15) is 78.1 Å². The van der Waals surface area contributed by atoms with Crippen LogP contribution in [0.2, 0.25) is 0 Å². The summed E-state index contributed by atoms with van der Waals surface area (Å²) in [7, 11) is 0. The lowest BCUT2D eigenvalue weighted by Gasteiger charge is -2.40. The topological polar surface area (TPSA) is 194 Å². The zero-order valence-corrected chi connectivity index (χ0v) is 36.5. The summed E-state index contributed by atoms with van der Waals surface area (Å²) in [6, 6.07) is 9.46. The van der Waals surface area contributed by atoms with Gasteiger partial charge in [-0.15, -0.1) is 0 Å². The van der Waals surface area contributed by atoms with Crippen LogP contribution in [0, 0.1) is 11.8 Å². The molecule has 0 unspecified atom stereocenters. The quantitative estimate of drug-likeness (QED) is 0.209. The van der Waals surface area contributed by atoms with Gasteiger partial charge in [0.25, 0.3) is 5.91 Å². The van der Waals surface area contributed by atoms with Crippen molar-refractivity contribution in [3.8, 4) is 22.9 Å². The van der Waals surface area contributed by atoms with Crippen LogP contribution in [0.4, 0.5) is 17.8 Å². The molecule has 334 valence electrons. The first-order chi connectivity index (χ1) is 30.5. The van der Waals surface area contributed by atoms with Crippen molar-refractivity contribution in [2.24, 2.45) is 11.8 Å². The summed E-state index contributed by atoms with van der Waals surface area (Å²) >= 11 is 0. The monoisotopic (exact) mass is 860 g/mol. The van der Waals surface area contributed by atoms with Gasteiger partial charge in [-0.1, -0.05) is 32.0 Å². The molecule has 4 N–H and O–H groups in total. The molecule has 5 aliphatic rings. The summed E-state index contributed by atoms with van der Waals surface area (Å²) in [5.74, 6) is 2.40. The number of aromatic hydroxyl groups is 2. The Bertz CT molecular complexity index is 2260. The molecule has 0 bridgehead atoms. The van der Waals surface area contributed by atoms with E-state index in [-0.39, 0.29) is 46.7 Å². The van der Waals surface area contributed by atoms with Gasteiger partial charge in [0.2, 0.25) is 23.8 Å². The summed E-state index contributed by atoms with van der Waals surface area (Å²) in [4.78, 5) is 63.3. The molecule has 63 heavy (non-hydrogen) atoms. The van der Waals surface area contributed by atoms with Gasteiger partial charge in [0.05, 0.1) is 24.3 Å². The van der Waals surface area contributed by atoms with E-state index in [9.17, 15) is 19.8 Å². The van der Waals surface area contributed by atoms with E-state index in [2.05, 4.69) is 52.7 Å². The van der Waals surface area contributed by atoms with Crippen molar-refractivity contribution >= 4 is 29.7 Å². The van der Waals surface area contributed by atoms with E-state index in [1.165, 1.54) is 11.6 Å². The number of anilines is 3. The number of likely N-dealkylation sites (tertiary alicyclic amines) is 1. The number of aromatic nitrogens is 5. The molecule has 2 aromatic carbocycles. The van der Waals surface area contributed by atoms with Gasteiger partial charge < -0.3 is 45.2 Å². The number of carbonyl (C=O) groups is 2. The van der Waals surface area contributed by atoms with Crippen LogP contribution in [0.3, 0.4) is 0 Å². The lowest BCUT2D eigenvalue weighted by molar-refractivity contribution is -0.137. The van der Waals surface area contributed by atoms with Gasteiger partial charge >= 0.3 is 0 Å². The van der Waals surface area contributed by atoms with Gasteiger partial charge in [-0.3, -0.25) is 14.5 Å². The minimum Gasteiger partial charge on any atom is -0.508 e. The first kappa shape index (κ1) is 42.6. The Hall–Kier alpha value is -5.65. The Kier molecular flexibility index (Phi) is 12.6. The molecule has 17 heteroatoms. The SMILES string of the molecule is CC(C)c1cc(C(=O)N2Cc3ccc(CN4CCN(CC5CCN(C(=O)C6CCN(c7nc(-c8cnc(N)nc8)nc(N8CCOCC8)n7)CC6)CC5)CC4)cc3C2)c(O)cc1O. The van der Waals surface area contributed by atoms with Crippen LogP contribution < -0.4 is 15.5 Å². The molecule has 0 spiro atoms. The van der Waals surface area contributed by atoms with Crippen LogP contribution >= 0.6 is 0 Å². The number of rotatable bonds is 10. The molecule has 0 aliphatic carbocycles. The van der Waals surface area contributed by atoms with Crippen molar-refractivity contribution in [2.75, 3.05) is 101 Å². The number of hydrogen-bond acceptors (Lipinski definition) is 15. The highest BCUT2D eigenvalue weighted by molar-refractivity contribution is 5.97. The van der Waals surface area contributed by atoms with E-state index in [4.69, 9.17) is 25.4 Å². The number of nitrogens with two attached hydrogens (primary N) is 1. The molecule has 2 amide bonds. The number of hydrogen-bond donors (Lipinski definition) is 3. The number of nitrogens with zero attached hydrogens (tertiary/aromatic N) is 11. The number of piperidine rings is 2.